The van der Waals surface area contributed by atoms with Crippen LogP contribution in [0.4, 0.5) is 0 Å². The van der Waals surface area contributed by atoms with E-state index in [-0.39, 0.29) is 12.5 Å². The summed E-state index contributed by atoms with van der Waals surface area (Å²) in [5.74, 6) is 0.541. The molecule has 1 aromatic rings. The fraction of sp³-hybridized carbons (Fsp3) is 0.385. The lowest BCUT2D eigenvalue weighted by molar-refractivity contribution is -0.138. The highest BCUT2D eigenvalue weighted by molar-refractivity contribution is 5.86. The van der Waals surface area contributed by atoms with E-state index in [1.165, 1.54) is 12.7 Å². The monoisotopic (exact) mass is 234 g/mol. The van der Waals surface area contributed by atoms with Gasteiger partial charge in [0.05, 0.1) is 7.11 Å². The first-order valence-electron chi connectivity index (χ1n) is 5.45. The largest absolute Gasteiger partial charge is 0.468 e. The van der Waals surface area contributed by atoms with Crippen molar-refractivity contribution in [2.45, 2.75) is 6.42 Å². The summed E-state index contributed by atoms with van der Waals surface area (Å²) in [7, 11) is 5.20. The van der Waals surface area contributed by atoms with E-state index < -0.39 is 0 Å². The standard InChI is InChI=1S/C13H18N2O2/c1-15(2)12(14-10-13(16)17-3)9-11-7-5-4-6-8-11/h4-8H,9-10H2,1-3H3. The first-order chi connectivity index (χ1) is 8.13. The number of ether oxygens (including phenoxy) is 1. The second-order valence-electron chi connectivity index (χ2n) is 3.87. The molecule has 92 valence electrons. The van der Waals surface area contributed by atoms with Crippen molar-refractivity contribution in [3.8, 4) is 0 Å². The fourth-order valence-corrected chi connectivity index (χ4v) is 1.35. The summed E-state index contributed by atoms with van der Waals surface area (Å²) in [4.78, 5) is 17.2. The molecule has 0 saturated carbocycles. The van der Waals surface area contributed by atoms with Crippen molar-refractivity contribution in [1.29, 1.82) is 0 Å². The number of methoxy groups -OCH3 is 1. The molecule has 0 aliphatic rings. The number of rotatable bonds is 4. The van der Waals surface area contributed by atoms with Crippen LogP contribution >= 0.6 is 0 Å². The zero-order chi connectivity index (χ0) is 12.7. The molecule has 0 aliphatic carbocycles. The minimum atomic E-state index is -0.322. The molecule has 0 saturated heterocycles. The molecule has 0 fully saturated rings. The molecule has 0 aliphatic heterocycles. The Balaban J connectivity index is 2.70. The molecule has 1 aromatic carbocycles. The van der Waals surface area contributed by atoms with Crippen molar-refractivity contribution in [2.24, 2.45) is 4.99 Å². The van der Waals surface area contributed by atoms with Gasteiger partial charge in [0.2, 0.25) is 0 Å². The highest BCUT2D eigenvalue weighted by atomic mass is 16.5. The number of likely N-dealkylation sites (N-methyl/N-ethyl adjacent to an activating group) is 1. The van der Waals surface area contributed by atoms with Crippen molar-refractivity contribution >= 4 is 11.8 Å². The predicted octanol–water partition coefficient (Wildman–Crippen LogP) is 1.36. The first-order valence-corrected chi connectivity index (χ1v) is 5.45. The van der Waals surface area contributed by atoms with Gasteiger partial charge in [-0.05, 0) is 5.56 Å². The Morgan fingerprint density at radius 1 is 1.29 bits per heavy atom. The van der Waals surface area contributed by atoms with Crippen molar-refractivity contribution in [3.63, 3.8) is 0 Å². The van der Waals surface area contributed by atoms with Gasteiger partial charge in [0, 0.05) is 20.5 Å². The second kappa shape index (κ2) is 6.68. The van der Waals surface area contributed by atoms with E-state index in [2.05, 4.69) is 9.73 Å². The van der Waals surface area contributed by atoms with E-state index in [9.17, 15) is 4.79 Å². The van der Waals surface area contributed by atoms with Gasteiger partial charge in [-0.1, -0.05) is 30.3 Å². The van der Waals surface area contributed by atoms with Gasteiger partial charge in [-0.25, -0.2) is 0 Å². The van der Waals surface area contributed by atoms with Crippen LogP contribution in [0, 0.1) is 0 Å². The lowest BCUT2D eigenvalue weighted by Gasteiger charge is -2.15. The molecule has 0 N–H and O–H groups in total. The number of carbonyl (C=O) groups excluding carboxylic acids is 1. The van der Waals surface area contributed by atoms with Crippen LogP contribution in [0.1, 0.15) is 5.56 Å². The summed E-state index contributed by atoms with van der Waals surface area (Å²) < 4.78 is 4.57. The zero-order valence-corrected chi connectivity index (χ0v) is 10.5. The molecule has 0 atom stereocenters. The van der Waals surface area contributed by atoms with Crippen molar-refractivity contribution in [3.05, 3.63) is 35.9 Å². The summed E-state index contributed by atoms with van der Waals surface area (Å²) >= 11 is 0. The Bertz CT molecular complexity index is 386. The molecule has 17 heavy (non-hydrogen) atoms. The molecular weight excluding hydrogens is 216 g/mol. The molecule has 0 aromatic heterocycles. The van der Waals surface area contributed by atoms with Crippen molar-refractivity contribution in [1.82, 2.24) is 4.90 Å². The summed E-state index contributed by atoms with van der Waals surface area (Å²) in [5.41, 5.74) is 1.17. The molecular formula is C13H18N2O2. The van der Waals surface area contributed by atoms with E-state index in [1.807, 2.05) is 49.3 Å². The van der Waals surface area contributed by atoms with Crippen molar-refractivity contribution in [2.75, 3.05) is 27.7 Å². The summed E-state index contributed by atoms with van der Waals surface area (Å²) in [6.07, 6.45) is 0.713. The van der Waals surface area contributed by atoms with E-state index in [0.29, 0.717) is 6.42 Å². The van der Waals surface area contributed by atoms with Gasteiger partial charge in [0.1, 0.15) is 12.4 Å². The lowest BCUT2D eigenvalue weighted by Crippen LogP contribution is -2.25. The predicted molar refractivity (Wildman–Crippen MR) is 68.2 cm³/mol. The van der Waals surface area contributed by atoms with Crippen LogP contribution in [-0.4, -0.2) is 44.5 Å². The maximum absolute atomic E-state index is 11.0. The Kier molecular flexibility index (Phi) is 5.20. The van der Waals surface area contributed by atoms with Crippen LogP contribution in [0.3, 0.4) is 0 Å². The zero-order valence-electron chi connectivity index (χ0n) is 10.5. The third-order valence-corrected chi connectivity index (χ3v) is 2.34. The highest BCUT2D eigenvalue weighted by Gasteiger charge is 2.05. The van der Waals surface area contributed by atoms with Gasteiger partial charge in [-0.3, -0.25) is 9.79 Å². The number of nitrogens with zero attached hydrogens (tertiary/aromatic N) is 2. The fourth-order valence-electron chi connectivity index (χ4n) is 1.35. The lowest BCUT2D eigenvalue weighted by atomic mass is 10.1. The average Bonchev–Trinajstić information content (AvgIpc) is 2.34. The van der Waals surface area contributed by atoms with E-state index >= 15 is 0 Å². The Hall–Kier alpha value is -1.84. The summed E-state index contributed by atoms with van der Waals surface area (Å²) in [5, 5.41) is 0. The normalized spacial score (nSPS) is 11.1. The smallest absolute Gasteiger partial charge is 0.327 e. The van der Waals surface area contributed by atoms with Gasteiger partial charge >= 0.3 is 5.97 Å². The molecule has 0 bridgehead atoms. The highest BCUT2D eigenvalue weighted by Crippen LogP contribution is 2.02. The second-order valence-corrected chi connectivity index (χ2v) is 3.87. The number of hydrogen-bond acceptors (Lipinski definition) is 3. The van der Waals surface area contributed by atoms with E-state index in [1.54, 1.807) is 0 Å². The quantitative estimate of drug-likeness (QED) is 0.449. The molecule has 4 nitrogen and oxygen atoms in total. The molecule has 0 unspecified atom stereocenters. The van der Waals surface area contributed by atoms with Gasteiger partial charge in [0.15, 0.2) is 0 Å². The van der Waals surface area contributed by atoms with Crippen LogP contribution < -0.4 is 0 Å². The molecule has 1 rings (SSSR count). The molecule has 0 amide bonds. The average molecular weight is 234 g/mol. The maximum atomic E-state index is 11.0. The number of benzene rings is 1. The van der Waals surface area contributed by atoms with Crippen LogP contribution in [0.15, 0.2) is 35.3 Å². The minimum Gasteiger partial charge on any atom is -0.468 e. The molecule has 0 heterocycles. The first kappa shape index (κ1) is 13.2. The third-order valence-electron chi connectivity index (χ3n) is 2.34. The van der Waals surface area contributed by atoms with E-state index in [0.717, 1.165) is 5.84 Å². The van der Waals surface area contributed by atoms with Gasteiger partial charge in [-0.2, -0.15) is 0 Å². The van der Waals surface area contributed by atoms with Crippen LogP contribution in [0.2, 0.25) is 0 Å². The topological polar surface area (TPSA) is 41.9 Å². The number of amidine groups is 1. The van der Waals surface area contributed by atoms with E-state index in [4.69, 9.17) is 0 Å². The summed E-state index contributed by atoms with van der Waals surface area (Å²) in [6.45, 7) is 0.0663. The van der Waals surface area contributed by atoms with Crippen LogP contribution in [-0.2, 0) is 16.0 Å². The van der Waals surface area contributed by atoms with Crippen LogP contribution in [0.5, 0.6) is 0 Å². The van der Waals surface area contributed by atoms with Gasteiger partial charge in [-0.15, -0.1) is 0 Å². The summed E-state index contributed by atoms with van der Waals surface area (Å²) in [6, 6.07) is 10.0. The van der Waals surface area contributed by atoms with Gasteiger partial charge < -0.3 is 9.64 Å². The van der Waals surface area contributed by atoms with Crippen molar-refractivity contribution < 1.29 is 9.53 Å². The SMILES string of the molecule is COC(=O)CN=C(Cc1ccccc1)N(C)C. The minimum absolute atomic E-state index is 0.0663. The Morgan fingerprint density at radius 2 is 1.94 bits per heavy atom. The number of hydrogen-bond donors (Lipinski definition) is 0. The Morgan fingerprint density at radius 3 is 2.47 bits per heavy atom. The van der Waals surface area contributed by atoms with Gasteiger partial charge in [0.25, 0.3) is 0 Å². The third kappa shape index (κ3) is 4.68. The molecule has 4 heteroatoms. The number of aliphatic imine (C=N–C) groups is 1. The number of carbonyl (C=O) groups is 1. The number of esters is 1. The molecule has 0 spiro atoms. The molecule has 0 radical (unpaired) electrons. The Labute approximate surface area is 102 Å². The van der Waals surface area contributed by atoms with Crippen LogP contribution in [0.25, 0.3) is 0 Å². The maximum Gasteiger partial charge on any atom is 0.327 e.